The third-order valence-corrected chi connectivity index (χ3v) is 6.27. The first-order chi connectivity index (χ1) is 13.7. The monoisotopic (exact) mass is 409 g/mol. The Hall–Kier alpha value is -3.24. The smallest absolute Gasteiger partial charge is 0.275 e. The van der Waals surface area contributed by atoms with E-state index in [0.29, 0.717) is 16.9 Å². The average Bonchev–Trinajstić information content (AvgIpc) is 2.91. The normalized spacial score (nSPS) is 11.4. The van der Waals surface area contributed by atoms with Crippen molar-refractivity contribution in [3.05, 3.63) is 75.7 Å². The fourth-order valence-electron chi connectivity index (χ4n) is 3.30. The summed E-state index contributed by atoms with van der Waals surface area (Å²) in [7, 11) is -1.95. The van der Waals surface area contributed by atoms with Crippen molar-refractivity contribution in [3.63, 3.8) is 0 Å². The van der Waals surface area contributed by atoms with Crippen molar-refractivity contribution in [2.75, 3.05) is 4.72 Å². The summed E-state index contributed by atoms with van der Waals surface area (Å²) in [6, 6.07) is 12.8. The molecule has 0 spiro atoms. The van der Waals surface area contributed by atoms with Crippen molar-refractivity contribution in [1.82, 2.24) is 9.36 Å². The number of rotatable bonds is 5. The van der Waals surface area contributed by atoms with Gasteiger partial charge in [0.25, 0.3) is 15.6 Å². The molecule has 0 saturated heterocycles. The van der Waals surface area contributed by atoms with E-state index in [1.54, 1.807) is 45.8 Å². The number of sulfonamides is 1. The van der Waals surface area contributed by atoms with Gasteiger partial charge in [-0.3, -0.25) is 14.2 Å². The highest BCUT2D eigenvalue weighted by Crippen LogP contribution is 2.20. The molecule has 0 fully saturated rings. The third kappa shape index (κ3) is 3.84. The number of terminal acetylenes is 1. The van der Waals surface area contributed by atoms with Crippen LogP contribution in [0.3, 0.4) is 0 Å². The second-order valence-corrected chi connectivity index (χ2v) is 8.80. The molecular formula is C22H23N3O3S. The third-order valence-electron chi connectivity index (χ3n) is 4.87. The van der Waals surface area contributed by atoms with Crippen LogP contribution in [0.25, 0.3) is 5.69 Å². The fourth-order valence-corrected chi connectivity index (χ4v) is 4.36. The number of anilines is 1. The van der Waals surface area contributed by atoms with Gasteiger partial charge < -0.3 is 0 Å². The molecule has 1 aromatic heterocycles. The maximum Gasteiger partial charge on any atom is 0.275 e. The molecule has 0 atom stereocenters. The van der Waals surface area contributed by atoms with Gasteiger partial charge in [-0.05, 0) is 61.4 Å². The minimum Gasteiger partial charge on any atom is -0.285 e. The molecule has 0 aliphatic carbocycles. The molecule has 0 radical (unpaired) electrons. The highest BCUT2D eigenvalue weighted by Gasteiger charge is 2.19. The minimum atomic E-state index is -3.76. The van der Waals surface area contributed by atoms with E-state index in [9.17, 15) is 13.2 Å². The van der Waals surface area contributed by atoms with Crippen molar-refractivity contribution in [2.24, 2.45) is 7.05 Å². The Balaban J connectivity index is 1.93. The van der Waals surface area contributed by atoms with Crippen molar-refractivity contribution in [2.45, 2.75) is 31.6 Å². The van der Waals surface area contributed by atoms with E-state index in [1.165, 1.54) is 12.1 Å². The van der Waals surface area contributed by atoms with Gasteiger partial charge in [-0.25, -0.2) is 13.1 Å². The first-order valence-electron chi connectivity index (χ1n) is 9.14. The van der Waals surface area contributed by atoms with Crippen molar-refractivity contribution < 1.29 is 8.42 Å². The van der Waals surface area contributed by atoms with Crippen LogP contribution >= 0.6 is 0 Å². The summed E-state index contributed by atoms with van der Waals surface area (Å²) in [5.74, 6) is 2.58. The predicted molar refractivity (Wildman–Crippen MR) is 115 cm³/mol. The first-order valence-corrected chi connectivity index (χ1v) is 10.6. The van der Waals surface area contributed by atoms with Gasteiger partial charge in [-0.15, -0.1) is 6.42 Å². The molecule has 7 heteroatoms. The Morgan fingerprint density at radius 2 is 1.62 bits per heavy atom. The lowest BCUT2D eigenvalue weighted by molar-refractivity contribution is 0.601. The zero-order valence-corrected chi connectivity index (χ0v) is 17.6. The largest absolute Gasteiger partial charge is 0.285 e. The van der Waals surface area contributed by atoms with Crippen LogP contribution in [-0.2, 0) is 17.1 Å². The molecule has 1 heterocycles. The molecule has 0 saturated carbocycles. The lowest BCUT2D eigenvalue weighted by Gasteiger charge is -2.11. The summed E-state index contributed by atoms with van der Waals surface area (Å²) in [6.45, 7) is 5.86. The van der Waals surface area contributed by atoms with E-state index in [-0.39, 0.29) is 16.4 Å². The highest BCUT2D eigenvalue weighted by molar-refractivity contribution is 7.92. The van der Waals surface area contributed by atoms with Crippen LogP contribution in [0.5, 0.6) is 0 Å². The van der Waals surface area contributed by atoms with E-state index in [4.69, 9.17) is 6.42 Å². The number of aromatic nitrogens is 2. The molecular weight excluding hydrogens is 386 g/mol. The maximum absolute atomic E-state index is 12.8. The van der Waals surface area contributed by atoms with Crippen LogP contribution < -0.4 is 10.3 Å². The zero-order chi connectivity index (χ0) is 21.3. The number of hydrogen-bond acceptors (Lipinski definition) is 3. The molecule has 6 nitrogen and oxygen atoms in total. The Kier molecular flexibility index (Phi) is 5.40. The number of nitrogens with one attached hydrogen (secondary N) is 1. The van der Waals surface area contributed by atoms with Crippen LogP contribution in [0, 0.1) is 19.3 Å². The topological polar surface area (TPSA) is 73.1 Å². The Morgan fingerprint density at radius 3 is 2.10 bits per heavy atom. The summed E-state index contributed by atoms with van der Waals surface area (Å²) in [5.41, 5.74) is 3.23. The molecule has 3 aromatic rings. The van der Waals surface area contributed by atoms with Gasteiger partial charge >= 0.3 is 0 Å². The average molecular weight is 410 g/mol. The van der Waals surface area contributed by atoms with Crippen molar-refractivity contribution >= 4 is 15.7 Å². The van der Waals surface area contributed by atoms with Crippen LogP contribution in [-0.4, -0.2) is 17.8 Å². The van der Waals surface area contributed by atoms with E-state index in [1.807, 2.05) is 27.8 Å². The molecule has 0 aliphatic rings. The molecule has 0 amide bonds. The second kappa shape index (κ2) is 7.64. The Bertz CT molecular complexity index is 1240. The van der Waals surface area contributed by atoms with Gasteiger partial charge in [0.1, 0.15) is 0 Å². The Labute approximate surface area is 170 Å². The number of hydrogen-bond donors (Lipinski definition) is 1. The minimum absolute atomic E-state index is 0.0951. The van der Waals surface area contributed by atoms with E-state index < -0.39 is 10.0 Å². The molecule has 150 valence electrons. The maximum atomic E-state index is 12.8. The lowest BCUT2D eigenvalue weighted by atomic mass is 10.0. The molecule has 1 N–H and O–H groups in total. The van der Waals surface area contributed by atoms with E-state index in [0.717, 1.165) is 11.3 Å². The quantitative estimate of drug-likeness (QED) is 0.657. The van der Waals surface area contributed by atoms with Gasteiger partial charge in [0.2, 0.25) is 0 Å². The second-order valence-electron chi connectivity index (χ2n) is 7.12. The molecule has 0 aliphatic heterocycles. The lowest BCUT2D eigenvalue weighted by Crippen LogP contribution is -2.21. The van der Waals surface area contributed by atoms with Crippen LogP contribution in [0.1, 0.15) is 36.6 Å². The van der Waals surface area contributed by atoms with Gasteiger partial charge in [0.05, 0.1) is 10.6 Å². The van der Waals surface area contributed by atoms with Crippen molar-refractivity contribution in [1.29, 1.82) is 0 Å². The molecule has 29 heavy (non-hydrogen) atoms. The fraction of sp³-hybridized carbons (Fsp3) is 0.227. The summed E-state index contributed by atoms with van der Waals surface area (Å²) in [5, 5.41) is 0. The van der Waals surface area contributed by atoms with Gasteiger partial charge in [-0.1, -0.05) is 19.8 Å². The molecule has 0 bridgehead atoms. The summed E-state index contributed by atoms with van der Waals surface area (Å²) >= 11 is 0. The van der Waals surface area contributed by atoms with Gasteiger partial charge in [0, 0.05) is 29.6 Å². The first kappa shape index (κ1) is 20.5. The zero-order valence-electron chi connectivity index (χ0n) is 16.8. The summed E-state index contributed by atoms with van der Waals surface area (Å²) in [6.07, 6.45) is 5.31. The van der Waals surface area contributed by atoms with Gasteiger partial charge in [0.15, 0.2) is 0 Å². The number of benzene rings is 2. The summed E-state index contributed by atoms with van der Waals surface area (Å²) in [4.78, 5) is 12.9. The van der Waals surface area contributed by atoms with Gasteiger partial charge in [-0.2, -0.15) is 0 Å². The van der Waals surface area contributed by atoms with Crippen LogP contribution in [0.2, 0.25) is 0 Å². The Morgan fingerprint density at radius 1 is 1.03 bits per heavy atom. The number of nitrogens with zero attached hydrogens (tertiary/aromatic N) is 2. The SMILES string of the molecule is C#Cc1ccc(NS(=O)(=O)c2ccc(-n3c(=O)c(C(C)C)c(C)n3C)cc2)cc1. The van der Waals surface area contributed by atoms with Crippen LogP contribution in [0.4, 0.5) is 5.69 Å². The molecule has 2 aromatic carbocycles. The predicted octanol–water partition coefficient (Wildman–Crippen LogP) is 3.39. The van der Waals surface area contributed by atoms with Crippen molar-refractivity contribution in [3.8, 4) is 18.0 Å². The van der Waals surface area contributed by atoms with E-state index >= 15 is 0 Å². The standard InChI is InChI=1S/C22H23N3O3S/c1-6-17-7-9-18(10-8-17)23-29(27,28)20-13-11-19(12-14-20)25-22(26)21(15(2)3)16(4)24(25)5/h1,7-15,23H,2-5H3. The summed E-state index contributed by atoms with van der Waals surface area (Å²) < 4.78 is 31.2. The highest BCUT2D eigenvalue weighted by atomic mass is 32.2. The van der Waals surface area contributed by atoms with Crippen LogP contribution in [0.15, 0.2) is 58.2 Å². The molecule has 0 unspecified atom stereocenters. The van der Waals surface area contributed by atoms with E-state index in [2.05, 4.69) is 10.6 Å². The molecule has 3 rings (SSSR count).